The van der Waals surface area contributed by atoms with Crippen molar-refractivity contribution in [3.8, 4) is 17.0 Å². The van der Waals surface area contributed by atoms with E-state index in [0.717, 1.165) is 22.7 Å². The number of H-pyrrole nitrogens is 2. The van der Waals surface area contributed by atoms with E-state index in [1.807, 2.05) is 38.1 Å². The number of aromatic nitrogens is 4. The van der Waals surface area contributed by atoms with Crippen molar-refractivity contribution in [2.45, 2.75) is 19.8 Å². The second-order valence-corrected chi connectivity index (χ2v) is 6.57. The molecule has 3 rings (SSSR count). The Labute approximate surface area is 153 Å². The van der Waals surface area contributed by atoms with Gasteiger partial charge in [0.1, 0.15) is 5.75 Å². The molecule has 130 valence electrons. The summed E-state index contributed by atoms with van der Waals surface area (Å²) in [6.45, 7) is 4.04. The molecule has 0 unspecified atom stereocenters. The molecule has 2 aromatic heterocycles. The Morgan fingerprint density at radius 3 is 2.68 bits per heavy atom. The van der Waals surface area contributed by atoms with Crippen molar-refractivity contribution in [2.75, 3.05) is 12.4 Å². The van der Waals surface area contributed by atoms with E-state index in [2.05, 4.69) is 41.6 Å². The number of carbonyl (C=O) groups is 1. The van der Waals surface area contributed by atoms with Gasteiger partial charge in [-0.15, -0.1) is 0 Å². The topological polar surface area (TPSA) is 95.7 Å². The fourth-order valence-electron chi connectivity index (χ4n) is 2.44. The summed E-state index contributed by atoms with van der Waals surface area (Å²) in [5.74, 6) is 1.02. The SMILES string of the molecule is COc1ccccc1-c1cc(NC(=O)c2n[nH]c(C(C)C)c2Br)n[nH]1. The van der Waals surface area contributed by atoms with E-state index in [-0.39, 0.29) is 11.8 Å². The van der Waals surface area contributed by atoms with Crippen LogP contribution in [0.1, 0.15) is 35.9 Å². The van der Waals surface area contributed by atoms with Gasteiger partial charge in [0.25, 0.3) is 5.91 Å². The first-order chi connectivity index (χ1) is 12.0. The molecule has 0 aliphatic heterocycles. The lowest BCUT2D eigenvalue weighted by Gasteiger charge is -2.05. The molecule has 0 fully saturated rings. The number of aromatic amines is 2. The molecule has 0 atom stereocenters. The molecule has 3 N–H and O–H groups in total. The van der Waals surface area contributed by atoms with Crippen LogP contribution in [-0.2, 0) is 0 Å². The quantitative estimate of drug-likeness (QED) is 0.600. The maximum atomic E-state index is 12.4. The molecule has 2 heterocycles. The molecule has 1 amide bonds. The zero-order valence-electron chi connectivity index (χ0n) is 14.1. The summed E-state index contributed by atoms with van der Waals surface area (Å²) < 4.78 is 6.01. The Kier molecular flexibility index (Phi) is 4.89. The summed E-state index contributed by atoms with van der Waals surface area (Å²) >= 11 is 3.43. The van der Waals surface area contributed by atoms with Crippen molar-refractivity contribution in [3.05, 3.63) is 46.2 Å². The number of amides is 1. The number of para-hydroxylation sites is 1. The first kappa shape index (κ1) is 17.2. The van der Waals surface area contributed by atoms with Gasteiger partial charge in [0.05, 0.1) is 23.0 Å². The van der Waals surface area contributed by atoms with Crippen LogP contribution in [0.15, 0.2) is 34.8 Å². The minimum atomic E-state index is -0.340. The fraction of sp³-hybridized carbons (Fsp3) is 0.235. The van der Waals surface area contributed by atoms with E-state index in [4.69, 9.17) is 4.74 Å². The summed E-state index contributed by atoms with van der Waals surface area (Å²) in [7, 11) is 1.61. The third-order valence-electron chi connectivity index (χ3n) is 3.74. The monoisotopic (exact) mass is 403 g/mol. The molecule has 0 radical (unpaired) electrons. The molecule has 0 saturated heterocycles. The number of halogens is 1. The number of hydrogen-bond acceptors (Lipinski definition) is 4. The first-order valence-corrected chi connectivity index (χ1v) is 8.54. The summed E-state index contributed by atoms with van der Waals surface area (Å²) in [6.07, 6.45) is 0. The number of hydrogen-bond donors (Lipinski definition) is 3. The zero-order chi connectivity index (χ0) is 18.0. The number of ether oxygens (including phenoxy) is 1. The molecule has 7 nitrogen and oxygen atoms in total. The number of carbonyl (C=O) groups excluding carboxylic acids is 1. The Bertz CT molecular complexity index is 900. The van der Waals surface area contributed by atoms with Gasteiger partial charge < -0.3 is 10.1 Å². The number of nitrogens with one attached hydrogen (secondary N) is 3. The highest BCUT2D eigenvalue weighted by molar-refractivity contribution is 9.10. The predicted octanol–water partition coefficient (Wildman–Crippen LogP) is 3.95. The van der Waals surface area contributed by atoms with Crippen molar-refractivity contribution in [2.24, 2.45) is 0 Å². The Hall–Kier alpha value is -2.61. The van der Waals surface area contributed by atoms with Gasteiger partial charge in [0.15, 0.2) is 11.5 Å². The molecule has 3 aromatic rings. The number of methoxy groups -OCH3 is 1. The number of rotatable bonds is 5. The molecule has 1 aromatic carbocycles. The molecule has 25 heavy (non-hydrogen) atoms. The van der Waals surface area contributed by atoms with E-state index >= 15 is 0 Å². The molecule has 0 aliphatic carbocycles. The van der Waals surface area contributed by atoms with Gasteiger partial charge in [-0.25, -0.2) is 0 Å². The predicted molar refractivity (Wildman–Crippen MR) is 98.9 cm³/mol. The highest BCUT2D eigenvalue weighted by Gasteiger charge is 2.20. The number of nitrogens with zero attached hydrogens (tertiary/aromatic N) is 2. The van der Waals surface area contributed by atoms with Crippen LogP contribution in [0.25, 0.3) is 11.3 Å². The molecule has 8 heteroatoms. The van der Waals surface area contributed by atoms with Crippen LogP contribution in [0.4, 0.5) is 5.82 Å². The number of anilines is 1. The van der Waals surface area contributed by atoms with Gasteiger partial charge in [0, 0.05) is 11.6 Å². The summed E-state index contributed by atoms with van der Waals surface area (Å²) in [5.41, 5.74) is 2.78. The Morgan fingerprint density at radius 1 is 1.24 bits per heavy atom. The average Bonchev–Trinajstić information content (AvgIpc) is 3.21. The first-order valence-electron chi connectivity index (χ1n) is 7.75. The average molecular weight is 404 g/mol. The van der Waals surface area contributed by atoms with Gasteiger partial charge in [0.2, 0.25) is 0 Å². The van der Waals surface area contributed by atoms with E-state index in [0.29, 0.717) is 16.0 Å². The van der Waals surface area contributed by atoms with Crippen LogP contribution < -0.4 is 10.1 Å². The van der Waals surface area contributed by atoms with E-state index in [1.165, 1.54) is 0 Å². The van der Waals surface area contributed by atoms with Crippen LogP contribution in [0.2, 0.25) is 0 Å². The lowest BCUT2D eigenvalue weighted by atomic mass is 10.1. The second kappa shape index (κ2) is 7.10. The second-order valence-electron chi connectivity index (χ2n) is 5.78. The summed E-state index contributed by atoms with van der Waals surface area (Å²) in [4.78, 5) is 12.4. The van der Waals surface area contributed by atoms with Gasteiger partial charge >= 0.3 is 0 Å². The molecular weight excluding hydrogens is 386 g/mol. The van der Waals surface area contributed by atoms with Crippen molar-refractivity contribution < 1.29 is 9.53 Å². The van der Waals surface area contributed by atoms with E-state index < -0.39 is 0 Å². The van der Waals surface area contributed by atoms with Crippen molar-refractivity contribution in [1.82, 2.24) is 20.4 Å². The van der Waals surface area contributed by atoms with Gasteiger partial charge in [-0.3, -0.25) is 15.0 Å². The smallest absolute Gasteiger partial charge is 0.278 e. The third kappa shape index (κ3) is 3.43. The minimum absolute atomic E-state index is 0.228. The number of benzene rings is 1. The van der Waals surface area contributed by atoms with Crippen LogP contribution in [-0.4, -0.2) is 33.4 Å². The Balaban J connectivity index is 1.81. The van der Waals surface area contributed by atoms with Crippen molar-refractivity contribution in [3.63, 3.8) is 0 Å². The molecule has 0 spiro atoms. The van der Waals surface area contributed by atoms with Crippen LogP contribution in [0, 0.1) is 0 Å². The van der Waals surface area contributed by atoms with Gasteiger partial charge in [-0.1, -0.05) is 26.0 Å². The molecular formula is C17H18BrN5O2. The van der Waals surface area contributed by atoms with Crippen LogP contribution in [0.5, 0.6) is 5.75 Å². The van der Waals surface area contributed by atoms with E-state index in [1.54, 1.807) is 13.2 Å². The fourth-order valence-corrected chi connectivity index (χ4v) is 3.26. The largest absolute Gasteiger partial charge is 0.496 e. The molecule has 0 aliphatic rings. The van der Waals surface area contributed by atoms with Crippen LogP contribution in [0.3, 0.4) is 0 Å². The van der Waals surface area contributed by atoms with Crippen molar-refractivity contribution in [1.29, 1.82) is 0 Å². The highest BCUT2D eigenvalue weighted by Crippen LogP contribution is 2.30. The molecule has 0 bridgehead atoms. The van der Waals surface area contributed by atoms with Crippen molar-refractivity contribution >= 4 is 27.7 Å². The highest BCUT2D eigenvalue weighted by atomic mass is 79.9. The van der Waals surface area contributed by atoms with E-state index in [9.17, 15) is 4.79 Å². The van der Waals surface area contributed by atoms with Gasteiger partial charge in [-0.05, 0) is 34.0 Å². The Morgan fingerprint density at radius 2 is 2.00 bits per heavy atom. The summed E-state index contributed by atoms with van der Waals surface area (Å²) in [6, 6.07) is 9.33. The lowest BCUT2D eigenvalue weighted by molar-refractivity contribution is 0.102. The zero-order valence-corrected chi connectivity index (χ0v) is 15.6. The van der Waals surface area contributed by atoms with Crippen LogP contribution >= 0.6 is 15.9 Å². The summed E-state index contributed by atoms with van der Waals surface area (Å²) in [5, 5.41) is 16.8. The third-order valence-corrected chi connectivity index (χ3v) is 4.54. The maximum Gasteiger partial charge on any atom is 0.278 e. The maximum absolute atomic E-state index is 12.4. The molecule has 0 saturated carbocycles. The minimum Gasteiger partial charge on any atom is -0.496 e. The lowest BCUT2D eigenvalue weighted by Crippen LogP contribution is -2.13. The standard InChI is InChI=1S/C17H18BrN5O2/c1-9(2)15-14(18)16(23-22-15)17(24)19-13-8-11(20-21-13)10-6-4-5-7-12(10)25-3/h4-9H,1-3H3,(H,22,23)(H2,19,20,21,24). The normalized spacial score (nSPS) is 10.9. The van der Waals surface area contributed by atoms with Gasteiger partial charge in [-0.2, -0.15) is 10.2 Å².